The zero-order valence-corrected chi connectivity index (χ0v) is 17.8. The molecule has 1 heterocycles. The molecule has 3 heteroatoms. The predicted octanol–water partition coefficient (Wildman–Crippen LogP) is 7.53. The largest absolute Gasteiger partial charge is 0.507 e. The van der Waals surface area contributed by atoms with Gasteiger partial charge in [-0.1, -0.05) is 78.9 Å². The summed E-state index contributed by atoms with van der Waals surface area (Å²) in [7, 11) is 0. The first-order valence-corrected chi connectivity index (χ1v) is 10.9. The van der Waals surface area contributed by atoms with Crippen molar-refractivity contribution in [1.29, 1.82) is 0 Å². The van der Waals surface area contributed by atoms with Crippen LogP contribution in [0.1, 0.15) is 0 Å². The lowest BCUT2D eigenvalue weighted by Crippen LogP contribution is -1.94. The number of para-hydroxylation sites is 1. The lowest BCUT2D eigenvalue weighted by Gasteiger charge is -2.11. The van der Waals surface area contributed by atoms with Crippen LogP contribution in [0.2, 0.25) is 0 Å². The van der Waals surface area contributed by atoms with Gasteiger partial charge in [-0.25, -0.2) is 0 Å². The van der Waals surface area contributed by atoms with Crippen LogP contribution in [0.5, 0.6) is 11.5 Å². The van der Waals surface area contributed by atoms with E-state index in [-0.39, 0.29) is 11.5 Å². The van der Waals surface area contributed by atoms with Crippen molar-refractivity contribution >= 4 is 21.8 Å². The summed E-state index contributed by atoms with van der Waals surface area (Å²) < 4.78 is 2.20. The predicted molar refractivity (Wildman–Crippen MR) is 135 cm³/mol. The van der Waals surface area contributed by atoms with E-state index in [1.165, 1.54) is 0 Å². The van der Waals surface area contributed by atoms with E-state index in [0.29, 0.717) is 0 Å². The van der Waals surface area contributed by atoms with Crippen LogP contribution in [0, 0.1) is 0 Å². The first-order chi connectivity index (χ1) is 16.2. The highest BCUT2D eigenvalue weighted by atomic mass is 16.3. The summed E-state index contributed by atoms with van der Waals surface area (Å²) in [4.78, 5) is 0. The number of aromatic nitrogens is 1. The van der Waals surface area contributed by atoms with Gasteiger partial charge in [0, 0.05) is 27.6 Å². The van der Waals surface area contributed by atoms with Crippen molar-refractivity contribution in [2.75, 3.05) is 0 Å². The minimum absolute atomic E-state index is 0.215. The van der Waals surface area contributed by atoms with E-state index < -0.39 is 0 Å². The van der Waals surface area contributed by atoms with Crippen LogP contribution in [0.4, 0.5) is 0 Å². The Labute approximate surface area is 191 Å². The Morgan fingerprint density at radius 3 is 1.27 bits per heavy atom. The molecule has 0 saturated carbocycles. The standard InChI is InChI=1S/C30H21NO2/c32-29-18-25-26-19-30(33)24(21-12-6-2-7-13-21)17-28(26)31(22-14-8-3-9-15-22)27(25)16-23(29)20-10-4-1-5-11-20/h1-19,32-33H. The van der Waals surface area contributed by atoms with Crippen LogP contribution >= 0.6 is 0 Å². The Morgan fingerprint density at radius 1 is 0.455 bits per heavy atom. The van der Waals surface area contributed by atoms with Crippen LogP contribution in [-0.2, 0) is 0 Å². The molecular formula is C30H21NO2. The second kappa shape index (κ2) is 7.57. The molecule has 3 nitrogen and oxygen atoms in total. The zero-order valence-electron chi connectivity index (χ0n) is 17.8. The highest BCUT2D eigenvalue weighted by Gasteiger charge is 2.18. The van der Waals surface area contributed by atoms with Crippen LogP contribution in [-0.4, -0.2) is 14.8 Å². The summed E-state index contributed by atoms with van der Waals surface area (Å²) in [5.74, 6) is 0.430. The second-order valence-corrected chi connectivity index (χ2v) is 8.18. The number of hydrogen-bond acceptors (Lipinski definition) is 2. The molecule has 0 fully saturated rings. The fourth-order valence-corrected chi connectivity index (χ4v) is 4.64. The van der Waals surface area contributed by atoms with E-state index in [0.717, 1.165) is 49.7 Å². The summed E-state index contributed by atoms with van der Waals surface area (Å²) in [5.41, 5.74) is 6.41. The molecule has 0 unspecified atom stereocenters. The van der Waals surface area contributed by atoms with E-state index in [1.54, 1.807) is 12.1 Å². The molecule has 0 atom stereocenters. The fourth-order valence-electron chi connectivity index (χ4n) is 4.64. The number of aromatic hydroxyl groups is 2. The number of phenolic OH excluding ortho intramolecular Hbond substituents is 2. The van der Waals surface area contributed by atoms with Gasteiger partial charge in [-0.2, -0.15) is 0 Å². The molecule has 158 valence electrons. The van der Waals surface area contributed by atoms with E-state index >= 15 is 0 Å². The van der Waals surface area contributed by atoms with Crippen LogP contribution in [0.15, 0.2) is 115 Å². The Morgan fingerprint density at radius 2 is 0.848 bits per heavy atom. The van der Waals surface area contributed by atoms with Gasteiger partial charge in [0.1, 0.15) is 11.5 Å². The molecule has 5 aromatic carbocycles. The van der Waals surface area contributed by atoms with Crippen molar-refractivity contribution in [3.8, 4) is 39.4 Å². The molecule has 0 aliphatic heterocycles. The maximum Gasteiger partial charge on any atom is 0.124 e. The number of hydrogen-bond donors (Lipinski definition) is 2. The number of benzene rings is 5. The smallest absolute Gasteiger partial charge is 0.124 e. The average Bonchev–Trinajstić information content (AvgIpc) is 3.16. The third-order valence-corrected chi connectivity index (χ3v) is 6.18. The maximum absolute atomic E-state index is 10.9. The van der Waals surface area contributed by atoms with E-state index in [1.807, 2.05) is 91.0 Å². The summed E-state index contributed by atoms with van der Waals surface area (Å²) in [6.45, 7) is 0. The average molecular weight is 428 g/mol. The number of nitrogens with zero attached hydrogens (tertiary/aromatic N) is 1. The molecule has 6 aromatic rings. The third kappa shape index (κ3) is 3.14. The lowest BCUT2D eigenvalue weighted by atomic mass is 10.0. The topological polar surface area (TPSA) is 45.4 Å². The highest BCUT2D eigenvalue weighted by Crippen LogP contribution is 2.42. The van der Waals surface area contributed by atoms with Gasteiger partial charge in [-0.3, -0.25) is 0 Å². The Kier molecular flexibility index (Phi) is 4.41. The molecule has 2 N–H and O–H groups in total. The van der Waals surface area contributed by atoms with Gasteiger partial charge in [0.2, 0.25) is 0 Å². The third-order valence-electron chi connectivity index (χ3n) is 6.18. The molecule has 0 radical (unpaired) electrons. The van der Waals surface area contributed by atoms with Gasteiger partial charge >= 0.3 is 0 Å². The van der Waals surface area contributed by atoms with Crippen LogP contribution < -0.4 is 0 Å². The van der Waals surface area contributed by atoms with Gasteiger partial charge in [-0.15, -0.1) is 0 Å². The first-order valence-electron chi connectivity index (χ1n) is 10.9. The number of fused-ring (bicyclic) bond motifs is 3. The van der Waals surface area contributed by atoms with Crippen LogP contribution in [0.25, 0.3) is 49.7 Å². The summed E-state index contributed by atoms with van der Waals surface area (Å²) in [5, 5.41) is 23.6. The van der Waals surface area contributed by atoms with E-state index in [9.17, 15) is 10.2 Å². The maximum atomic E-state index is 10.9. The van der Waals surface area contributed by atoms with E-state index in [2.05, 4.69) is 16.7 Å². The second-order valence-electron chi connectivity index (χ2n) is 8.18. The summed E-state index contributed by atoms with van der Waals surface area (Å²) in [6.07, 6.45) is 0. The van der Waals surface area contributed by atoms with Crippen molar-refractivity contribution in [2.24, 2.45) is 0 Å². The van der Waals surface area contributed by atoms with Crippen LogP contribution in [0.3, 0.4) is 0 Å². The van der Waals surface area contributed by atoms with Gasteiger partial charge in [0.05, 0.1) is 11.0 Å². The zero-order chi connectivity index (χ0) is 22.4. The fraction of sp³-hybridized carbons (Fsp3) is 0. The quantitative estimate of drug-likeness (QED) is 0.307. The Hall–Kier alpha value is -4.50. The van der Waals surface area contributed by atoms with Crippen molar-refractivity contribution in [1.82, 2.24) is 4.57 Å². The Balaban J connectivity index is 1.74. The normalized spacial score (nSPS) is 11.3. The summed E-state index contributed by atoms with van der Waals surface area (Å²) in [6, 6.07) is 37.6. The molecule has 1 aromatic heterocycles. The van der Waals surface area contributed by atoms with Crippen molar-refractivity contribution in [3.63, 3.8) is 0 Å². The molecule has 0 aliphatic rings. The molecule has 0 saturated heterocycles. The molecule has 6 rings (SSSR count). The minimum Gasteiger partial charge on any atom is -0.507 e. The molecule has 33 heavy (non-hydrogen) atoms. The Bertz CT molecular complexity index is 1500. The van der Waals surface area contributed by atoms with Gasteiger partial charge in [-0.05, 0) is 47.5 Å². The highest BCUT2D eigenvalue weighted by molar-refractivity contribution is 6.12. The van der Waals surface area contributed by atoms with Crippen molar-refractivity contribution in [3.05, 3.63) is 115 Å². The lowest BCUT2D eigenvalue weighted by molar-refractivity contribution is 0.477. The molecule has 0 bridgehead atoms. The number of phenols is 2. The van der Waals surface area contributed by atoms with Crippen molar-refractivity contribution in [2.45, 2.75) is 0 Å². The molecule has 0 aliphatic carbocycles. The van der Waals surface area contributed by atoms with Gasteiger partial charge in [0.15, 0.2) is 0 Å². The van der Waals surface area contributed by atoms with Crippen molar-refractivity contribution < 1.29 is 10.2 Å². The monoisotopic (exact) mass is 427 g/mol. The van der Waals surface area contributed by atoms with Gasteiger partial charge < -0.3 is 14.8 Å². The molecule has 0 spiro atoms. The molecule has 0 amide bonds. The van der Waals surface area contributed by atoms with E-state index in [4.69, 9.17) is 0 Å². The van der Waals surface area contributed by atoms with Gasteiger partial charge in [0.25, 0.3) is 0 Å². The SMILES string of the molecule is Oc1cc2c3cc(O)c(-c4ccccc4)cc3n(-c3ccccc3)c2cc1-c1ccccc1. The summed E-state index contributed by atoms with van der Waals surface area (Å²) >= 11 is 0. The number of rotatable bonds is 3. The minimum atomic E-state index is 0.215. The first kappa shape index (κ1) is 19.2. The molecular weight excluding hydrogens is 406 g/mol.